The van der Waals surface area contributed by atoms with E-state index in [0.29, 0.717) is 42.0 Å². The van der Waals surface area contributed by atoms with Crippen LogP contribution in [0.5, 0.6) is 0 Å². The lowest BCUT2D eigenvalue weighted by molar-refractivity contribution is -0.155. The minimum atomic E-state index is -1.36. The maximum absolute atomic E-state index is 13.3. The van der Waals surface area contributed by atoms with E-state index in [1.807, 2.05) is 13.8 Å². The highest BCUT2D eigenvalue weighted by molar-refractivity contribution is 7.09. The van der Waals surface area contributed by atoms with Crippen molar-refractivity contribution < 1.29 is 34.8 Å². The van der Waals surface area contributed by atoms with Gasteiger partial charge in [0.05, 0.1) is 53.9 Å². The third-order valence-corrected chi connectivity index (χ3v) is 9.26. The fourth-order valence-corrected chi connectivity index (χ4v) is 5.87. The van der Waals surface area contributed by atoms with Gasteiger partial charge < -0.3 is 25.2 Å². The largest absolute Gasteiger partial charge is 0.458 e. The number of hydrogen-bond donors (Lipinski definition) is 4. The van der Waals surface area contributed by atoms with Crippen LogP contribution in [0.4, 0.5) is 0 Å². The van der Waals surface area contributed by atoms with Crippen LogP contribution < -0.4 is 0 Å². The number of aliphatic hydroxyl groups is 4. The molecule has 39 heavy (non-hydrogen) atoms. The van der Waals surface area contributed by atoms with Gasteiger partial charge in [-0.25, -0.2) is 4.98 Å². The number of aromatic nitrogens is 1. The van der Waals surface area contributed by atoms with Gasteiger partial charge in [-0.15, -0.1) is 11.3 Å². The van der Waals surface area contributed by atoms with Gasteiger partial charge in [0.25, 0.3) is 0 Å². The molecule has 1 aromatic heterocycles. The molecule has 0 aromatic carbocycles. The summed E-state index contributed by atoms with van der Waals surface area (Å²) in [5.41, 5.74) is -1.26. The van der Waals surface area contributed by atoms with Gasteiger partial charge in [-0.2, -0.15) is 5.26 Å². The zero-order chi connectivity index (χ0) is 29.5. The van der Waals surface area contributed by atoms with Crippen LogP contribution in [-0.2, 0) is 20.9 Å². The molecule has 0 spiro atoms. The van der Waals surface area contributed by atoms with Crippen molar-refractivity contribution in [2.75, 3.05) is 0 Å². The lowest BCUT2D eigenvalue weighted by atomic mass is 9.71. The van der Waals surface area contributed by atoms with Crippen molar-refractivity contribution in [2.45, 2.75) is 111 Å². The average molecular weight is 565 g/mol. The molecule has 0 bridgehead atoms. The van der Waals surface area contributed by atoms with E-state index in [-0.39, 0.29) is 24.7 Å². The van der Waals surface area contributed by atoms with Gasteiger partial charge in [-0.3, -0.25) is 9.59 Å². The highest BCUT2D eigenvalue weighted by Gasteiger charge is 2.43. The molecule has 218 valence electrons. The number of ketones is 1. The van der Waals surface area contributed by atoms with Crippen LogP contribution in [0.2, 0.25) is 0 Å². The summed E-state index contributed by atoms with van der Waals surface area (Å²) in [5, 5.41) is 54.9. The summed E-state index contributed by atoms with van der Waals surface area (Å²) in [6.45, 7) is 9.95. The van der Waals surface area contributed by atoms with Gasteiger partial charge in [-0.1, -0.05) is 41.0 Å². The van der Waals surface area contributed by atoms with Crippen LogP contribution in [0.1, 0.15) is 90.8 Å². The monoisotopic (exact) mass is 564 g/mol. The van der Waals surface area contributed by atoms with Crippen molar-refractivity contribution in [1.29, 1.82) is 5.26 Å². The fourth-order valence-electron chi connectivity index (χ4n) is 5.26. The standard InChI is InChI=1S/C29H44N2O7S/c1-7-29(16-30)10-8-9-17(2)26(36)19(4)27(37)28(5,6)22(33)13-25(35)38-21(12-23(29)34)18(3)11-20-15-39-24(14-32)31-20/h11,15,17,19,21-23,26,32-34,36H,7-10,12-14H2,1-6H3/b18-11+/t17-,19+,21?,22-,23-,26-,29-/m0/s1. The van der Waals surface area contributed by atoms with Crippen molar-refractivity contribution in [1.82, 2.24) is 4.98 Å². The SMILES string of the molecule is CC[C@@]1(C#N)CCC[C@H](C)[C@H](O)[C@@H](C)C(=O)C(C)(C)[C@@H](O)CC(=O)OC(/C(C)=C/c2csc(CO)n2)C[C@@H]1O. The van der Waals surface area contributed by atoms with E-state index >= 15 is 0 Å². The molecule has 0 radical (unpaired) electrons. The molecule has 0 aliphatic carbocycles. The number of hydrogen-bond acceptors (Lipinski definition) is 10. The number of nitrogens with zero attached hydrogens (tertiary/aromatic N) is 2. The summed E-state index contributed by atoms with van der Waals surface area (Å²) >= 11 is 1.28. The molecule has 1 fully saturated rings. The zero-order valence-corrected chi connectivity index (χ0v) is 24.7. The number of nitriles is 1. The Kier molecular flexibility index (Phi) is 11.8. The lowest BCUT2D eigenvalue weighted by Gasteiger charge is -2.36. The topological polar surface area (TPSA) is 161 Å². The predicted molar refractivity (Wildman–Crippen MR) is 148 cm³/mol. The molecule has 10 heteroatoms. The molecule has 2 rings (SSSR count). The molecule has 2 heterocycles. The maximum atomic E-state index is 13.3. The number of cyclic esters (lactones) is 1. The summed E-state index contributed by atoms with van der Waals surface area (Å²) in [4.78, 5) is 30.6. The van der Waals surface area contributed by atoms with Crippen molar-refractivity contribution in [2.24, 2.45) is 22.7 Å². The number of thiazole rings is 1. The predicted octanol–water partition coefficient (Wildman–Crippen LogP) is 3.78. The Morgan fingerprint density at radius 1 is 1.26 bits per heavy atom. The number of Topliss-reactive ketones (excluding diaryl/α,β-unsaturated/α-hetero) is 1. The second-order valence-electron chi connectivity index (χ2n) is 11.5. The molecular weight excluding hydrogens is 520 g/mol. The van der Waals surface area contributed by atoms with Crippen molar-refractivity contribution in [3.63, 3.8) is 0 Å². The van der Waals surface area contributed by atoms with E-state index in [9.17, 15) is 35.3 Å². The van der Waals surface area contributed by atoms with E-state index in [1.165, 1.54) is 11.3 Å². The summed E-state index contributed by atoms with van der Waals surface area (Å²) in [6, 6.07) is 2.31. The van der Waals surface area contributed by atoms with Crippen molar-refractivity contribution >= 4 is 29.2 Å². The molecule has 1 aromatic rings. The normalized spacial score (nSPS) is 33.8. The first kappa shape index (κ1) is 33.0. The molecule has 9 nitrogen and oxygen atoms in total. The molecule has 1 aliphatic rings. The fraction of sp³-hybridized carbons (Fsp3) is 0.724. The lowest BCUT2D eigenvalue weighted by Crippen LogP contribution is -2.46. The Morgan fingerprint density at radius 2 is 1.92 bits per heavy atom. The second kappa shape index (κ2) is 14.0. The quantitative estimate of drug-likeness (QED) is 0.399. The number of esters is 1. The zero-order valence-electron chi connectivity index (χ0n) is 23.9. The van der Waals surface area contributed by atoms with Gasteiger partial charge in [-0.05, 0) is 43.8 Å². The first-order valence-corrected chi connectivity index (χ1v) is 14.5. The molecule has 4 N–H and O–H groups in total. The Balaban J connectivity index is 2.48. The highest BCUT2D eigenvalue weighted by atomic mass is 32.1. The number of rotatable bonds is 4. The van der Waals surface area contributed by atoms with Crippen LogP contribution in [0.25, 0.3) is 6.08 Å². The highest BCUT2D eigenvalue weighted by Crippen LogP contribution is 2.38. The number of carbonyl (C=O) groups is 2. The summed E-state index contributed by atoms with van der Waals surface area (Å²) in [6.07, 6.45) is -1.30. The number of ether oxygens (including phenoxy) is 1. The Hall–Kier alpha value is -2.16. The molecule has 0 saturated carbocycles. The summed E-state index contributed by atoms with van der Waals surface area (Å²) in [7, 11) is 0. The number of carbonyl (C=O) groups excluding carboxylic acids is 2. The van der Waals surface area contributed by atoms with Crippen molar-refractivity contribution in [3.8, 4) is 6.07 Å². The van der Waals surface area contributed by atoms with Crippen molar-refractivity contribution in [3.05, 3.63) is 21.7 Å². The molecule has 0 amide bonds. The van der Waals surface area contributed by atoms with Gasteiger partial charge >= 0.3 is 5.97 Å². The van der Waals surface area contributed by atoms with Gasteiger partial charge in [0.15, 0.2) is 0 Å². The molecular formula is C29H44N2O7S. The van der Waals surface area contributed by atoms with E-state index in [1.54, 1.807) is 39.2 Å². The van der Waals surface area contributed by atoms with Gasteiger partial charge in [0, 0.05) is 17.7 Å². The molecule has 1 unspecified atom stereocenters. The smallest absolute Gasteiger partial charge is 0.309 e. The van der Waals surface area contributed by atoms with Crippen LogP contribution in [0.15, 0.2) is 11.0 Å². The maximum Gasteiger partial charge on any atom is 0.309 e. The van der Waals surface area contributed by atoms with E-state index in [4.69, 9.17) is 4.74 Å². The summed E-state index contributed by atoms with van der Waals surface area (Å²) < 4.78 is 5.76. The summed E-state index contributed by atoms with van der Waals surface area (Å²) in [5.74, 6) is -2.12. The third-order valence-electron chi connectivity index (χ3n) is 8.41. The second-order valence-corrected chi connectivity index (χ2v) is 12.5. The molecule has 1 aliphatic heterocycles. The first-order valence-electron chi connectivity index (χ1n) is 13.6. The Bertz CT molecular complexity index is 1060. The van der Waals surface area contributed by atoms with E-state index < -0.39 is 53.6 Å². The molecule has 7 atom stereocenters. The van der Waals surface area contributed by atoms with Crippen LogP contribution in [-0.4, -0.2) is 61.6 Å². The minimum absolute atomic E-state index is 0.0416. The Labute approximate surface area is 235 Å². The van der Waals surface area contributed by atoms with Gasteiger partial charge in [0.1, 0.15) is 16.9 Å². The van der Waals surface area contributed by atoms with E-state index in [2.05, 4.69) is 11.1 Å². The van der Waals surface area contributed by atoms with Crippen LogP contribution >= 0.6 is 11.3 Å². The third kappa shape index (κ3) is 7.95. The van der Waals surface area contributed by atoms with Crippen LogP contribution in [0, 0.1) is 34.0 Å². The number of aliphatic hydroxyl groups excluding tert-OH is 4. The average Bonchev–Trinajstić information content (AvgIpc) is 3.36. The van der Waals surface area contributed by atoms with Crippen LogP contribution in [0.3, 0.4) is 0 Å². The van der Waals surface area contributed by atoms with Gasteiger partial charge in [0.2, 0.25) is 0 Å². The minimum Gasteiger partial charge on any atom is -0.458 e. The first-order chi connectivity index (χ1) is 18.2. The Morgan fingerprint density at radius 3 is 2.49 bits per heavy atom. The van der Waals surface area contributed by atoms with E-state index in [0.717, 1.165) is 0 Å². The molecule has 1 saturated heterocycles.